The molecule has 1 aromatic carbocycles. The van der Waals surface area contributed by atoms with Crippen LogP contribution in [0.15, 0.2) is 54.1 Å². The minimum atomic E-state index is -0.724. The number of benzene rings is 1. The number of allylic oxidation sites excluding steroid dienone is 3. The molecule has 1 saturated carbocycles. The van der Waals surface area contributed by atoms with Gasteiger partial charge in [-0.05, 0) is 93.5 Å². The highest BCUT2D eigenvalue weighted by Crippen LogP contribution is 2.30. The van der Waals surface area contributed by atoms with Gasteiger partial charge in [0.2, 0.25) is 0 Å². The molecule has 4 heteroatoms. The molecule has 0 saturated heterocycles. The minimum absolute atomic E-state index is 0.318. The second-order valence-electron chi connectivity index (χ2n) is 10.7. The molecule has 4 N–H and O–H groups in total. The van der Waals surface area contributed by atoms with E-state index in [2.05, 4.69) is 24.8 Å². The van der Waals surface area contributed by atoms with Crippen LogP contribution in [-0.2, 0) is 6.42 Å². The summed E-state index contributed by atoms with van der Waals surface area (Å²) in [5.41, 5.74) is 4.09. The molecule has 0 amide bonds. The molecule has 0 aliphatic heterocycles. The van der Waals surface area contributed by atoms with Gasteiger partial charge in [0.1, 0.15) is 0 Å². The quantitative estimate of drug-likeness (QED) is 0.234. The van der Waals surface area contributed by atoms with Gasteiger partial charge in [0, 0.05) is 9.16 Å². The van der Waals surface area contributed by atoms with Gasteiger partial charge in [-0.15, -0.1) is 0 Å². The fourth-order valence-electron chi connectivity index (χ4n) is 4.40. The van der Waals surface area contributed by atoms with Gasteiger partial charge in [-0.2, -0.15) is 0 Å². The molecule has 2 rings (SSSR count). The highest BCUT2D eigenvalue weighted by atomic mass is 16.3. The Morgan fingerprint density at radius 1 is 1.20 bits per heavy atom. The zero-order valence-electron chi connectivity index (χ0n) is 23.9. The number of unbranched alkanes of at least 4 members (excludes halogenated alkanes) is 2. The first kappa shape index (κ1) is 26.3. The number of aliphatic hydroxyl groups is 4. The maximum absolute atomic E-state index is 10.2. The van der Waals surface area contributed by atoms with Crippen molar-refractivity contribution in [1.29, 1.82) is 0 Å². The summed E-state index contributed by atoms with van der Waals surface area (Å²) in [6.45, 7) is 9.41. The summed E-state index contributed by atoms with van der Waals surface area (Å²) in [4.78, 5) is 0. The summed E-state index contributed by atoms with van der Waals surface area (Å²) in [6, 6.07) is 8.16. The Labute approximate surface area is 215 Å². The number of hydrogen-bond donors (Lipinski definition) is 4. The standard InChI is InChI=1S/C31H48O4/c1-23(32)12-7-5-8-13-25-14-11-16-28(20-25)26(15-9-6-10-19-31(3,4)35)17-18-27-21-29(33)22-30(34)24(27)2/h11,14,16-18,20,23,29-30,32-35H,2,5-10,12-13,15,19,21-22H2,1,3-4H3/b26-17+,27-18?/t23?,29-,30+/m1/s1/i5D,8D/t5?,8?,23?,29-,30+. The van der Waals surface area contributed by atoms with Gasteiger partial charge in [0.25, 0.3) is 0 Å². The summed E-state index contributed by atoms with van der Waals surface area (Å²) >= 11 is 0. The van der Waals surface area contributed by atoms with E-state index in [1.54, 1.807) is 6.92 Å². The van der Waals surface area contributed by atoms with Crippen LogP contribution in [0, 0.1) is 0 Å². The van der Waals surface area contributed by atoms with Gasteiger partial charge < -0.3 is 20.4 Å². The Bertz CT molecular complexity index is 916. The van der Waals surface area contributed by atoms with E-state index in [0.29, 0.717) is 37.7 Å². The molecule has 35 heavy (non-hydrogen) atoms. The lowest BCUT2D eigenvalue weighted by atomic mass is 9.85. The van der Waals surface area contributed by atoms with Crippen LogP contribution in [0.25, 0.3) is 5.57 Å². The van der Waals surface area contributed by atoms with Crippen molar-refractivity contribution in [3.63, 3.8) is 0 Å². The van der Waals surface area contributed by atoms with E-state index in [0.717, 1.165) is 54.4 Å². The van der Waals surface area contributed by atoms with Crippen molar-refractivity contribution in [2.24, 2.45) is 0 Å². The molecule has 5 atom stereocenters. The van der Waals surface area contributed by atoms with Crippen LogP contribution >= 0.6 is 0 Å². The molecule has 0 heterocycles. The molecule has 0 aromatic heterocycles. The van der Waals surface area contributed by atoms with Crippen LogP contribution in [0.4, 0.5) is 0 Å². The van der Waals surface area contributed by atoms with E-state index in [-0.39, 0.29) is 0 Å². The van der Waals surface area contributed by atoms with E-state index in [1.165, 1.54) is 0 Å². The molecule has 4 nitrogen and oxygen atoms in total. The molecule has 0 spiro atoms. The van der Waals surface area contributed by atoms with Gasteiger partial charge in [0.15, 0.2) is 0 Å². The Kier molecular flexibility index (Phi) is 11.1. The number of aryl methyl sites for hydroxylation is 1. The maximum Gasteiger partial charge on any atom is 0.0811 e. The molecular formula is C31H48O4. The molecule has 0 radical (unpaired) electrons. The van der Waals surface area contributed by atoms with Crippen LogP contribution in [0.3, 0.4) is 0 Å². The molecule has 3 unspecified atom stereocenters. The Morgan fingerprint density at radius 2 is 1.97 bits per heavy atom. The van der Waals surface area contributed by atoms with Gasteiger partial charge >= 0.3 is 0 Å². The molecule has 196 valence electrons. The van der Waals surface area contributed by atoms with Gasteiger partial charge in [0.05, 0.1) is 23.9 Å². The lowest BCUT2D eigenvalue weighted by Gasteiger charge is -2.26. The third-order valence-electron chi connectivity index (χ3n) is 6.56. The molecule has 1 fully saturated rings. The monoisotopic (exact) mass is 486 g/mol. The van der Waals surface area contributed by atoms with E-state index >= 15 is 0 Å². The van der Waals surface area contributed by atoms with Crippen molar-refractivity contribution >= 4 is 5.57 Å². The van der Waals surface area contributed by atoms with Crippen molar-refractivity contribution in [3.8, 4) is 0 Å². The maximum atomic E-state index is 10.2. The second-order valence-corrected chi connectivity index (χ2v) is 10.7. The summed E-state index contributed by atoms with van der Waals surface area (Å²) in [5.74, 6) is 0. The predicted octanol–water partition coefficient (Wildman–Crippen LogP) is 6.27. The lowest BCUT2D eigenvalue weighted by molar-refractivity contribution is 0.0681. The highest BCUT2D eigenvalue weighted by Gasteiger charge is 2.24. The van der Waals surface area contributed by atoms with Crippen LogP contribution in [-0.4, -0.2) is 44.3 Å². The smallest absolute Gasteiger partial charge is 0.0811 e. The molecule has 0 bridgehead atoms. The van der Waals surface area contributed by atoms with Crippen molar-refractivity contribution in [1.82, 2.24) is 0 Å². The number of rotatable bonds is 14. The first-order valence-corrected chi connectivity index (χ1v) is 13.1. The second kappa shape index (κ2) is 14.7. The van der Waals surface area contributed by atoms with E-state index < -0.39 is 36.7 Å². The first-order chi connectivity index (χ1) is 17.4. The zero-order chi connectivity index (χ0) is 27.6. The highest BCUT2D eigenvalue weighted by molar-refractivity contribution is 5.68. The third-order valence-corrected chi connectivity index (χ3v) is 6.56. The lowest BCUT2D eigenvalue weighted by Crippen LogP contribution is -2.26. The van der Waals surface area contributed by atoms with Crippen LogP contribution < -0.4 is 0 Å². The Balaban J connectivity index is 2.20. The molecular weight excluding hydrogens is 436 g/mol. The SMILES string of the molecule is [2H]C(CCC(C)O)C([2H])Cc1cccc(/C(=C/C=C2C[C@@H](O)C[C@H](O)C2=C)CCCCCC(C)(C)O)c1. The number of aliphatic hydroxyl groups excluding tert-OH is 3. The van der Waals surface area contributed by atoms with Gasteiger partial charge in [-0.25, -0.2) is 0 Å². The van der Waals surface area contributed by atoms with Crippen LogP contribution in [0.1, 0.15) is 105 Å². The van der Waals surface area contributed by atoms with E-state index in [9.17, 15) is 20.4 Å². The third kappa shape index (κ3) is 11.7. The molecule has 1 aliphatic carbocycles. The minimum Gasteiger partial charge on any atom is -0.393 e. The summed E-state index contributed by atoms with van der Waals surface area (Å²) in [6.07, 6.45) is 8.03. The summed E-state index contributed by atoms with van der Waals surface area (Å²) in [5, 5.41) is 39.8. The van der Waals surface area contributed by atoms with Crippen molar-refractivity contribution in [3.05, 3.63) is 65.3 Å². The summed E-state index contributed by atoms with van der Waals surface area (Å²) in [7, 11) is 0. The van der Waals surface area contributed by atoms with Crippen molar-refractivity contribution < 1.29 is 23.2 Å². The average Bonchev–Trinajstić information content (AvgIpc) is 2.81. The fraction of sp³-hybridized carbons (Fsp3) is 0.613. The topological polar surface area (TPSA) is 80.9 Å². The summed E-state index contributed by atoms with van der Waals surface area (Å²) < 4.78 is 16.7. The van der Waals surface area contributed by atoms with Crippen LogP contribution in [0.2, 0.25) is 0 Å². The van der Waals surface area contributed by atoms with E-state index in [1.807, 2.05) is 32.1 Å². The van der Waals surface area contributed by atoms with Crippen molar-refractivity contribution in [2.75, 3.05) is 0 Å². The molecule has 1 aliphatic rings. The Morgan fingerprint density at radius 3 is 2.69 bits per heavy atom. The Hall–Kier alpha value is -1.72. The van der Waals surface area contributed by atoms with Crippen LogP contribution in [0.5, 0.6) is 0 Å². The first-order valence-electron chi connectivity index (χ1n) is 14.3. The van der Waals surface area contributed by atoms with E-state index in [4.69, 9.17) is 2.74 Å². The largest absolute Gasteiger partial charge is 0.393 e. The normalized spacial score (nSPS) is 24.1. The predicted molar refractivity (Wildman–Crippen MR) is 146 cm³/mol. The average molecular weight is 487 g/mol. The van der Waals surface area contributed by atoms with Crippen molar-refractivity contribution in [2.45, 2.75) is 122 Å². The zero-order valence-corrected chi connectivity index (χ0v) is 21.9. The molecule has 1 aromatic rings. The van der Waals surface area contributed by atoms with Gasteiger partial charge in [-0.3, -0.25) is 0 Å². The van der Waals surface area contributed by atoms with Gasteiger partial charge in [-0.1, -0.05) is 68.7 Å². The number of hydrogen-bond acceptors (Lipinski definition) is 4. The fourth-order valence-corrected chi connectivity index (χ4v) is 4.40.